The van der Waals surface area contributed by atoms with Gasteiger partial charge in [0.25, 0.3) is 0 Å². The number of piperidine rings is 1. The van der Waals surface area contributed by atoms with E-state index in [4.69, 9.17) is 10.5 Å². The van der Waals surface area contributed by atoms with E-state index in [0.29, 0.717) is 5.92 Å². The molecule has 4 heteroatoms. The van der Waals surface area contributed by atoms with E-state index < -0.39 is 0 Å². The van der Waals surface area contributed by atoms with Crippen LogP contribution >= 0.6 is 0 Å². The van der Waals surface area contributed by atoms with E-state index in [9.17, 15) is 5.11 Å². The van der Waals surface area contributed by atoms with Gasteiger partial charge in [0.2, 0.25) is 0 Å². The van der Waals surface area contributed by atoms with Crippen LogP contribution in [0.5, 0.6) is 0 Å². The van der Waals surface area contributed by atoms with Gasteiger partial charge in [0.1, 0.15) is 0 Å². The third kappa shape index (κ3) is 3.44. The summed E-state index contributed by atoms with van der Waals surface area (Å²) in [6.45, 7) is 7.74. The fourth-order valence-electron chi connectivity index (χ4n) is 3.30. The molecule has 2 rings (SSSR count). The number of hydrogen-bond donors (Lipinski definition) is 2. The van der Waals surface area contributed by atoms with E-state index in [-0.39, 0.29) is 11.5 Å². The first-order chi connectivity index (χ1) is 8.65. The minimum absolute atomic E-state index is 0.154. The van der Waals surface area contributed by atoms with Gasteiger partial charge in [-0.15, -0.1) is 0 Å². The topological polar surface area (TPSA) is 58.7 Å². The van der Waals surface area contributed by atoms with Crippen LogP contribution in [-0.2, 0) is 4.74 Å². The molecule has 106 valence electrons. The molecule has 1 unspecified atom stereocenters. The smallest absolute Gasteiger partial charge is 0.0541 e. The molecule has 2 heterocycles. The van der Waals surface area contributed by atoms with Crippen molar-refractivity contribution in [3.8, 4) is 0 Å². The predicted molar refractivity (Wildman–Crippen MR) is 72.4 cm³/mol. The number of nitrogens with two attached hydrogens (primary N) is 1. The number of likely N-dealkylation sites (tertiary alicyclic amines) is 1. The zero-order valence-electron chi connectivity index (χ0n) is 11.6. The molecule has 0 bridgehead atoms. The quantitative estimate of drug-likeness (QED) is 0.782. The molecule has 2 fully saturated rings. The summed E-state index contributed by atoms with van der Waals surface area (Å²) >= 11 is 0. The van der Waals surface area contributed by atoms with Gasteiger partial charge < -0.3 is 20.5 Å². The molecule has 0 amide bonds. The largest absolute Gasteiger partial charge is 0.393 e. The van der Waals surface area contributed by atoms with Gasteiger partial charge in [-0.2, -0.15) is 0 Å². The van der Waals surface area contributed by atoms with Crippen LogP contribution in [0.1, 0.15) is 32.6 Å². The van der Waals surface area contributed by atoms with Crippen molar-refractivity contribution in [1.82, 2.24) is 4.90 Å². The number of hydrogen-bond acceptors (Lipinski definition) is 4. The summed E-state index contributed by atoms with van der Waals surface area (Å²) < 4.78 is 5.46. The van der Waals surface area contributed by atoms with Gasteiger partial charge in [0.05, 0.1) is 6.10 Å². The van der Waals surface area contributed by atoms with Crippen molar-refractivity contribution in [2.24, 2.45) is 17.1 Å². The second-order valence-electron chi connectivity index (χ2n) is 6.17. The summed E-state index contributed by atoms with van der Waals surface area (Å²) in [4.78, 5) is 2.54. The van der Waals surface area contributed by atoms with Gasteiger partial charge in [-0.1, -0.05) is 0 Å². The monoisotopic (exact) mass is 256 g/mol. The van der Waals surface area contributed by atoms with Crippen molar-refractivity contribution < 1.29 is 9.84 Å². The summed E-state index contributed by atoms with van der Waals surface area (Å²) in [6.07, 6.45) is 4.28. The van der Waals surface area contributed by atoms with Crippen LogP contribution in [0.2, 0.25) is 0 Å². The van der Waals surface area contributed by atoms with Gasteiger partial charge in [0, 0.05) is 19.8 Å². The van der Waals surface area contributed by atoms with Crippen molar-refractivity contribution in [3.05, 3.63) is 0 Å². The Morgan fingerprint density at radius 1 is 1.33 bits per heavy atom. The molecular weight excluding hydrogens is 228 g/mol. The summed E-state index contributed by atoms with van der Waals surface area (Å²) in [5.41, 5.74) is 6.28. The van der Waals surface area contributed by atoms with Crippen LogP contribution in [0, 0.1) is 11.3 Å². The molecule has 18 heavy (non-hydrogen) atoms. The average Bonchev–Trinajstić information content (AvgIpc) is 2.40. The van der Waals surface area contributed by atoms with E-state index >= 15 is 0 Å². The molecule has 0 aliphatic carbocycles. The third-order valence-corrected chi connectivity index (χ3v) is 4.86. The number of aliphatic hydroxyl groups excluding tert-OH is 1. The highest BCUT2D eigenvalue weighted by Gasteiger charge is 2.34. The molecule has 0 saturated carbocycles. The Hall–Kier alpha value is -0.160. The molecule has 2 aliphatic rings. The van der Waals surface area contributed by atoms with Crippen LogP contribution in [0.3, 0.4) is 0 Å². The second-order valence-corrected chi connectivity index (χ2v) is 6.17. The molecule has 0 aromatic rings. The summed E-state index contributed by atoms with van der Waals surface area (Å²) in [5, 5.41) is 9.63. The van der Waals surface area contributed by atoms with Gasteiger partial charge in [-0.3, -0.25) is 0 Å². The van der Waals surface area contributed by atoms with E-state index in [1.807, 2.05) is 6.92 Å². The maximum atomic E-state index is 9.63. The summed E-state index contributed by atoms with van der Waals surface area (Å²) in [5.74, 6) is 0.491. The third-order valence-electron chi connectivity index (χ3n) is 4.86. The molecule has 0 aromatic heterocycles. The van der Waals surface area contributed by atoms with Crippen molar-refractivity contribution >= 4 is 0 Å². The molecule has 0 spiro atoms. The molecule has 0 aromatic carbocycles. The maximum absolute atomic E-state index is 9.63. The van der Waals surface area contributed by atoms with E-state index in [2.05, 4.69) is 4.90 Å². The first-order valence-corrected chi connectivity index (χ1v) is 7.33. The number of rotatable bonds is 4. The molecular formula is C14H28N2O2. The maximum Gasteiger partial charge on any atom is 0.0541 e. The second kappa shape index (κ2) is 6.33. The van der Waals surface area contributed by atoms with Crippen LogP contribution in [0.4, 0.5) is 0 Å². The van der Waals surface area contributed by atoms with Gasteiger partial charge in [-0.25, -0.2) is 0 Å². The fourth-order valence-corrected chi connectivity index (χ4v) is 3.30. The molecule has 2 saturated heterocycles. The highest BCUT2D eigenvalue weighted by atomic mass is 16.5. The lowest BCUT2D eigenvalue weighted by molar-refractivity contribution is -0.0109. The average molecular weight is 256 g/mol. The molecule has 4 nitrogen and oxygen atoms in total. The van der Waals surface area contributed by atoms with Crippen molar-refractivity contribution in [2.75, 3.05) is 39.4 Å². The van der Waals surface area contributed by atoms with Crippen LogP contribution < -0.4 is 5.73 Å². The highest BCUT2D eigenvalue weighted by Crippen LogP contribution is 2.32. The van der Waals surface area contributed by atoms with E-state index in [0.717, 1.165) is 65.1 Å². The lowest BCUT2D eigenvalue weighted by atomic mass is 9.79. The lowest BCUT2D eigenvalue weighted by Gasteiger charge is -2.42. The number of aliphatic hydroxyl groups is 1. The molecule has 3 N–H and O–H groups in total. The molecule has 1 atom stereocenters. The summed E-state index contributed by atoms with van der Waals surface area (Å²) in [6, 6.07) is 0. The minimum Gasteiger partial charge on any atom is -0.393 e. The van der Waals surface area contributed by atoms with E-state index in [1.54, 1.807) is 0 Å². The van der Waals surface area contributed by atoms with Crippen LogP contribution in [0.15, 0.2) is 0 Å². The molecule has 0 radical (unpaired) electrons. The Morgan fingerprint density at radius 2 is 1.94 bits per heavy atom. The van der Waals surface area contributed by atoms with Crippen LogP contribution in [0.25, 0.3) is 0 Å². The van der Waals surface area contributed by atoms with Gasteiger partial charge in [-0.05, 0) is 63.6 Å². The minimum atomic E-state index is -0.154. The normalized spacial score (nSPS) is 28.2. The fraction of sp³-hybridized carbons (Fsp3) is 1.00. The first-order valence-electron chi connectivity index (χ1n) is 7.33. The first kappa shape index (κ1) is 14.3. The standard InChI is InChI=1S/C14H28N2O2/c1-12(17)13-2-6-16(7-3-13)11-14(10-15)4-8-18-9-5-14/h12-13,17H,2-11,15H2,1H3. The Kier molecular flexibility index (Phi) is 5.01. The number of ether oxygens (including phenoxy) is 1. The number of nitrogens with zero attached hydrogens (tertiary/aromatic N) is 1. The predicted octanol–water partition coefficient (Wildman–Crippen LogP) is 0.835. The highest BCUT2D eigenvalue weighted by molar-refractivity contribution is 4.88. The Bertz CT molecular complexity index is 244. The van der Waals surface area contributed by atoms with Crippen LogP contribution in [-0.4, -0.2) is 55.5 Å². The Balaban J connectivity index is 1.82. The van der Waals surface area contributed by atoms with Gasteiger partial charge in [0.15, 0.2) is 0 Å². The zero-order valence-corrected chi connectivity index (χ0v) is 11.6. The summed E-state index contributed by atoms with van der Waals surface area (Å²) in [7, 11) is 0. The zero-order chi connectivity index (χ0) is 13.0. The van der Waals surface area contributed by atoms with Crippen molar-refractivity contribution in [1.29, 1.82) is 0 Å². The Morgan fingerprint density at radius 3 is 2.44 bits per heavy atom. The van der Waals surface area contributed by atoms with Crippen molar-refractivity contribution in [3.63, 3.8) is 0 Å². The van der Waals surface area contributed by atoms with Crippen molar-refractivity contribution in [2.45, 2.75) is 38.7 Å². The van der Waals surface area contributed by atoms with E-state index in [1.165, 1.54) is 0 Å². The SMILES string of the molecule is CC(O)C1CCN(CC2(CN)CCOCC2)CC1. The van der Waals surface area contributed by atoms with Gasteiger partial charge >= 0.3 is 0 Å². The molecule has 2 aliphatic heterocycles. The Labute approximate surface area is 110 Å². The lowest BCUT2D eigenvalue weighted by Crippen LogP contribution is -2.48.